The van der Waals surface area contributed by atoms with Gasteiger partial charge in [-0.2, -0.15) is 0 Å². The van der Waals surface area contributed by atoms with Crippen LogP contribution in [0.25, 0.3) is 0 Å². The highest BCUT2D eigenvalue weighted by Crippen LogP contribution is 2.14. The quantitative estimate of drug-likeness (QED) is 0.794. The van der Waals surface area contributed by atoms with E-state index >= 15 is 0 Å². The average Bonchev–Trinajstić information content (AvgIpc) is 2.68. The van der Waals surface area contributed by atoms with E-state index in [1.54, 1.807) is 4.90 Å². The van der Waals surface area contributed by atoms with Gasteiger partial charge >= 0.3 is 0 Å². The van der Waals surface area contributed by atoms with Gasteiger partial charge in [0.2, 0.25) is 15.9 Å². The van der Waals surface area contributed by atoms with Crippen molar-refractivity contribution in [3.63, 3.8) is 0 Å². The van der Waals surface area contributed by atoms with Crippen molar-refractivity contribution in [1.82, 2.24) is 14.5 Å². The summed E-state index contributed by atoms with van der Waals surface area (Å²) < 4.78 is 26.9. The van der Waals surface area contributed by atoms with Crippen LogP contribution in [0, 0.1) is 0 Å². The molecule has 3 rings (SSSR count). The molecule has 0 bridgehead atoms. The van der Waals surface area contributed by atoms with E-state index in [0.29, 0.717) is 18.1 Å². The topological polar surface area (TPSA) is 69.7 Å². The molecule has 0 spiro atoms. The standard InChI is InChI=1S/C19H22ClN3O3S/c20-17-6-8-18(9-7-17)27(25,26)21-14-19(24)23-12-10-22(11-13-23)15-16-4-2-1-3-5-16/h1-9,21H,10-15H2. The maximum Gasteiger partial charge on any atom is 0.241 e. The minimum atomic E-state index is -3.73. The van der Waals surface area contributed by atoms with Crippen LogP contribution in [0.5, 0.6) is 0 Å². The maximum atomic E-state index is 12.4. The van der Waals surface area contributed by atoms with Gasteiger partial charge in [-0.05, 0) is 29.8 Å². The Morgan fingerprint density at radius 2 is 1.59 bits per heavy atom. The van der Waals surface area contributed by atoms with Crippen molar-refractivity contribution < 1.29 is 13.2 Å². The number of hydrogen-bond donors (Lipinski definition) is 1. The molecule has 0 aliphatic carbocycles. The molecular weight excluding hydrogens is 386 g/mol. The van der Waals surface area contributed by atoms with Crippen molar-refractivity contribution >= 4 is 27.5 Å². The SMILES string of the molecule is O=C(CNS(=O)(=O)c1ccc(Cl)cc1)N1CCN(Cc2ccccc2)CC1. The molecular formula is C19H22ClN3O3S. The number of sulfonamides is 1. The van der Waals surface area contributed by atoms with E-state index in [0.717, 1.165) is 19.6 Å². The first-order valence-corrected chi connectivity index (χ1v) is 10.6. The molecule has 1 aliphatic heterocycles. The lowest BCUT2D eigenvalue weighted by Gasteiger charge is -2.34. The Balaban J connectivity index is 1.47. The summed E-state index contributed by atoms with van der Waals surface area (Å²) in [5, 5.41) is 0.457. The summed E-state index contributed by atoms with van der Waals surface area (Å²) in [5.74, 6) is -0.216. The Bertz CT molecular complexity index is 865. The number of carbonyl (C=O) groups excluding carboxylic acids is 1. The van der Waals surface area contributed by atoms with Gasteiger partial charge < -0.3 is 4.90 Å². The van der Waals surface area contributed by atoms with Gasteiger partial charge in [0.1, 0.15) is 0 Å². The van der Waals surface area contributed by atoms with Crippen molar-refractivity contribution in [2.24, 2.45) is 0 Å². The van der Waals surface area contributed by atoms with Gasteiger partial charge in [-0.15, -0.1) is 0 Å². The molecule has 1 fully saturated rings. The minimum Gasteiger partial charge on any atom is -0.339 e. The summed E-state index contributed by atoms with van der Waals surface area (Å²) in [6.45, 7) is 3.33. The van der Waals surface area contributed by atoms with Gasteiger partial charge in [-0.3, -0.25) is 9.69 Å². The maximum absolute atomic E-state index is 12.4. The fourth-order valence-corrected chi connectivity index (χ4v) is 4.06. The lowest BCUT2D eigenvalue weighted by atomic mass is 10.2. The van der Waals surface area contributed by atoms with Crippen molar-refractivity contribution in [1.29, 1.82) is 0 Å². The van der Waals surface area contributed by atoms with Crippen LogP contribution in [0.3, 0.4) is 0 Å². The zero-order chi connectivity index (χ0) is 19.3. The Hall–Kier alpha value is -1.93. The van der Waals surface area contributed by atoms with Crippen molar-refractivity contribution in [2.45, 2.75) is 11.4 Å². The first-order valence-electron chi connectivity index (χ1n) is 8.73. The number of nitrogens with one attached hydrogen (secondary N) is 1. The second-order valence-corrected chi connectivity index (χ2v) is 8.62. The van der Waals surface area contributed by atoms with Gasteiger partial charge in [0.25, 0.3) is 0 Å². The van der Waals surface area contributed by atoms with E-state index in [9.17, 15) is 13.2 Å². The summed E-state index contributed by atoms with van der Waals surface area (Å²) in [5.41, 5.74) is 1.24. The first kappa shape index (κ1) is 19.8. The molecule has 0 unspecified atom stereocenters. The highest BCUT2D eigenvalue weighted by Gasteiger charge is 2.23. The van der Waals surface area contributed by atoms with Crippen LogP contribution in [-0.2, 0) is 21.4 Å². The van der Waals surface area contributed by atoms with E-state index in [1.165, 1.54) is 29.8 Å². The Kier molecular flexibility index (Phi) is 6.49. The summed E-state index contributed by atoms with van der Waals surface area (Å²) in [6.07, 6.45) is 0. The molecule has 1 amide bonds. The molecule has 1 aliphatic rings. The molecule has 144 valence electrons. The second-order valence-electron chi connectivity index (χ2n) is 6.42. The van der Waals surface area contributed by atoms with Crippen LogP contribution in [0.2, 0.25) is 5.02 Å². The first-order chi connectivity index (χ1) is 12.9. The number of hydrogen-bond acceptors (Lipinski definition) is 4. The highest BCUT2D eigenvalue weighted by atomic mass is 35.5. The van der Waals surface area contributed by atoms with E-state index in [1.807, 2.05) is 18.2 Å². The molecule has 0 atom stereocenters. The number of piperazine rings is 1. The van der Waals surface area contributed by atoms with Crippen molar-refractivity contribution in [3.8, 4) is 0 Å². The Morgan fingerprint density at radius 3 is 2.22 bits per heavy atom. The van der Waals surface area contributed by atoms with Crippen LogP contribution in [-0.4, -0.2) is 56.8 Å². The number of nitrogens with zero attached hydrogens (tertiary/aromatic N) is 2. The highest BCUT2D eigenvalue weighted by molar-refractivity contribution is 7.89. The smallest absolute Gasteiger partial charge is 0.241 e. The molecule has 1 N–H and O–H groups in total. The third-order valence-electron chi connectivity index (χ3n) is 4.51. The van der Waals surface area contributed by atoms with Crippen LogP contribution in [0.1, 0.15) is 5.56 Å². The van der Waals surface area contributed by atoms with E-state index in [2.05, 4.69) is 21.8 Å². The minimum absolute atomic E-state index is 0.0902. The number of amides is 1. The molecule has 1 saturated heterocycles. The summed E-state index contributed by atoms with van der Waals surface area (Å²) >= 11 is 5.77. The molecule has 0 aromatic heterocycles. The predicted octanol–water partition coefficient (Wildman–Crippen LogP) is 1.96. The lowest BCUT2D eigenvalue weighted by Crippen LogP contribution is -2.50. The summed E-state index contributed by atoms with van der Waals surface area (Å²) in [6, 6.07) is 16.0. The monoisotopic (exact) mass is 407 g/mol. The fraction of sp³-hybridized carbons (Fsp3) is 0.316. The number of carbonyl (C=O) groups is 1. The predicted molar refractivity (Wildman–Crippen MR) is 105 cm³/mol. The fourth-order valence-electron chi connectivity index (χ4n) is 2.96. The van der Waals surface area contributed by atoms with Gasteiger partial charge in [0.05, 0.1) is 11.4 Å². The average molecular weight is 408 g/mol. The molecule has 6 nitrogen and oxygen atoms in total. The van der Waals surface area contributed by atoms with Crippen LogP contribution in [0.15, 0.2) is 59.5 Å². The van der Waals surface area contributed by atoms with E-state index in [4.69, 9.17) is 11.6 Å². The molecule has 2 aromatic rings. The van der Waals surface area contributed by atoms with Crippen molar-refractivity contribution in [3.05, 3.63) is 65.2 Å². The van der Waals surface area contributed by atoms with E-state index < -0.39 is 10.0 Å². The molecule has 8 heteroatoms. The molecule has 0 saturated carbocycles. The van der Waals surface area contributed by atoms with Gasteiger partial charge in [-0.1, -0.05) is 41.9 Å². The van der Waals surface area contributed by atoms with Gasteiger partial charge in [-0.25, -0.2) is 13.1 Å². The summed E-state index contributed by atoms with van der Waals surface area (Å²) in [7, 11) is -3.73. The molecule has 0 radical (unpaired) electrons. The third kappa shape index (κ3) is 5.52. The summed E-state index contributed by atoms with van der Waals surface area (Å²) in [4.78, 5) is 16.4. The van der Waals surface area contributed by atoms with Crippen LogP contribution < -0.4 is 4.72 Å². The number of benzene rings is 2. The van der Waals surface area contributed by atoms with Gasteiger partial charge in [0, 0.05) is 37.7 Å². The Labute approximate surface area is 164 Å². The van der Waals surface area contributed by atoms with Gasteiger partial charge in [0.15, 0.2) is 0 Å². The Morgan fingerprint density at radius 1 is 0.963 bits per heavy atom. The lowest BCUT2D eigenvalue weighted by molar-refractivity contribution is -0.131. The number of rotatable bonds is 6. The largest absolute Gasteiger partial charge is 0.339 e. The van der Waals surface area contributed by atoms with E-state index in [-0.39, 0.29) is 17.3 Å². The van der Waals surface area contributed by atoms with Crippen LogP contribution in [0.4, 0.5) is 0 Å². The molecule has 1 heterocycles. The normalized spacial score (nSPS) is 15.7. The van der Waals surface area contributed by atoms with Crippen molar-refractivity contribution in [2.75, 3.05) is 32.7 Å². The zero-order valence-corrected chi connectivity index (χ0v) is 16.4. The zero-order valence-electron chi connectivity index (χ0n) is 14.8. The third-order valence-corrected chi connectivity index (χ3v) is 6.18. The number of halogens is 1. The van der Waals surface area contributed by atoms with Crippen LogP contribution >= 0.6 is 11.6 Å². The second kappa shape index (κ2) is 8.84. The molecule has 27 heavy (non-hydrogen) atoms. The molecule has 2 aromatic carbocycles.